The highest BCUT2D eigenvalue weighted by molar-refractivity contribution is 5.29. The maximum atomic E-state index is 4.46. The molecule has 0 saturated carbocycles. The fraction of sp³-hybridized carbons (Fsp3) is 0.333. The van der Waals surface area contributed by atoms with Crippen LogP contribution >= 0.6 is 0 Å². The Bertz CT molecular complexity index is 486. The normalized spacial score (nSPS) is 19.4. The predicted octanol–water partition coefficient (Wildman–Crippen LogP) is 1.35. The number of fused-ring (bicyclic) bond motifs is 1. The van der Waals surface area contributed by atoms with Crippen LogP contribution in [0.25, 0.3) is 0 Å². The molecule has 2 aromatic heterocycles. The van der Waals surface area contributed by atoms with Gasteiger partial charge in [-0.1, -0.05) is 6.07 Å². The molecule has 1 aliphatic rings. The third-order valence-electron chi connectivity index (χ3n) is 2.98. The van der Waals surface area contributed by atoms with Gasteiger partial charge in [0.2, 0.25) is 0 Å². The van der Waals surface area contributed by atoms with Gasteiger partial charge in [-0.15, -0.1) is 0 Å². The largest absolute Gasteiger partial charge is 0.348 e. The summed E-state index contributed by atoms with van der Waals surface area (Å²) in [6.45, 7) is 3.01. The predicted molar refractivity (Wildman–Crippen MR) is 61.1 cm³/mol. The molecule has 0 amide bonds. The lowest BCUT2D eigenvalue weighted by molar-refractivity contribution is 0.543. The Morgan fingerprint density at radius 1 is 1.31 bits per heavy atom. The maximum absolute atomic E-state index is 4.46. The summed E-state index contributed by atoms with van der Waals surface area (Å²) < 4.78 is 0. The second-order valence-electron chi connectivity index (χ2n) is 4.16. The number of imidazole rings is 1. The van der Waals surface area contributed by atoms with Gasteiger partial charge in [0.15, 0.2) is 0 Å². The highest BCUT2D eigenvalue weighted by Crippen LogP contribution is 2.24. The molecule has 1 aliphatic heterocycles. The van der Waals surface area contributed by atoms with Crippen LogP contribution in [0.5, 0.6) is 0 Å². The van der Waals surface area contributed by atoms with E-state index in [9.17, 15) is 0 Å². The average Bonchev–Trinajstić information content (AvgIpc) is 2.78. The quantitative estimate of drug-likeness (QED) is 0.753. The third-order valence-corrected chi connectivity index (χ3v) is 2.98. The first-order chi connectivity index (χ1) is 7.84. The molecule has 4 nitrogen and oxygen atoms in total. The molecule has 0 aliphatic carbocycles. The van der Waals surface area contributed by atoms with Crippen molar-refractivity contribution in [2.75, 3.05) is 6.54 Å². The van der Waals surface area contributed by atoms with Crippen LogP contribution in [-0.4, -0.2) is 21.5 Å². The van der Waals surface area contributed by atoms with Crippen LogP contribution in [0.3, 0.4) is 0 Å². The first-order valence-corrected chi connectivity index (χ1v) is 5.52. The molecule has 0 spiro atoms. The molecule has 82 valence electrons. The minimum atomic E-state index is 0.135. The van der Waals surface area contributed by atoms with Gasteiger partial charge in [0.25, 0.3) is 0 Å². The van der Waals surface area contributed by atoms with Crippen molar-refractivity contribution in [2.24, 2.45) is 0 Å². The van der Waals surface area contributed by atoms with Gasteiger partial charge in [-0.05, 0) is 18.6 Å². The lowest BCUT2D eigenvalue weighted by Gasteiger charge is -2.22. The van der Waals surface area contributed by atoms with Crippen LogP contribution in [0.4, 0.5) is 0 Å². The van der Waals surface area contributed by atoms with Crippen molar-refractivity contribution in [3.63, 3.8) is 0 Å². The first-order valence-electron chi connectivity index (χ1n) is 5.52. The van der Waals surface area contributed by atoms with Gasteiger partial charge in [-0.3, -0.25) is 4.98 Å². The van der Waals surface area contributed by atoms with Gasteiger partial charge < -0.3 is 10.3 Å². The zero-order chi connectivity index (χ0) is 11.0. The molecule has 0 aromatic carbocycles. The van der Waals surface area contributed by atoms with Crippen LogP contribution in [0.2, 0.25) is 0 Å². The molecule has 2 N–H and O–H groups in total. The Morgan fingerprint density at radius 3 is 3.06 bits per heavy atom. The number of pyridine rings is 1. The maximum Gasteiger partial charge on any atom is 0.0943 e. The first kappa shape index (κ1) is 9.54. The van der Waals surface area contributed by atoms with E-state index in [-0.39, 0.29) is 6.04 Å². The van der Waals surface area contributed by atoms with Crippen LogP contribution in [0.1, 0.15) is 28.7 Å². The van der Waals surface area contributed by atoms with E-state index >= 15 is 0 Å². The van der Waals surface area contributed by atoms with Crippen molar-refractivity contribution in [3.05, 3.63) is 47.3 Å². The topological polar surface area (TPSA) is 53.6 Å². The minimum absolute atomic E-state index is 0.135. The number of nitrogens with one attached hydrogen (secondary N) is 2. The summed E-state index contributed by atoms with van der Waals surface area (Å²) in [6.07, 6.45) is 4.68. The number of aromatic amines is 1. The third kappa shape index (κ3) is 1.51. The van der Waals surface area contributed by atoms with E-state index in [2.05, 4.69) is 32.4 Å². The van der Waals surface area contributed by atoms with E-state index in [1.54, 1.807) is 6.33 Å². The second-order valence-corrected chi connectivity index (χ2v) is 4.16. The van der Waals surface area contributed by atoms with Crippen LogP contribution in [0.15, 0.2) is 24.7 Å². The fourth-order valence-electron chi connectivity index (χ4n) is 2.11. The highest BCUT2D eigenvalue weighted by atomic mass is 15.0. The van der Waals surface area contributed by atoms with Crippen molar-refractivity contribution >= 4 is 0 Å². The zero-order valence-corrected chi connectivity index (χ0v) is 9.20. The molecular formula is C12H14N4. The number of H-pyrrole nitrogens is 1. The molecule has 1 atom stereocenters. The molecule has 1 unspecified atom stereocenters. The lowest BCUT2D eigenvalue weighted by Crippen LogP contribution is -2.31. The Hall–Kier alpha value is -1.68. The van der Waals surface area contributed by atoms with Crippen molar-refractivity contribution in [2.45, 2.75) is 19.4 Å². The highest BCUT2D eigenvalue weighted by Gasteiger charge is 2.24. The molecule has 0 fully saturated rings. The monoisotopic (exact) mass is 214 g/mol. The van der Waals surface area contributed by atoms with E-state index < -0.39 is 0 Å². The SMILES string of the molecule is Cc1ccc(C2NCCc3[nH]cnc32)nc1. The summed E-state index contributed by atoms with van der Waals surface area (Å²) >= 11 is 0. The van der Waals surface area contributed by atoms with E-state index in [0.717, 1.165) is 24.4 Å². The van der Waals surface area contributed by atoms with Crippen molar-refractivity contribution < 1.29 is 0 Å². The Morgan fingerprint density at radius 2 is 2.25 bits per heavy atom. The summed E-state index contributed by atoms with van der Waals surface area (Å²) in [5.74, 6) is 0. The minimum Gasteiger partial charge on any atom is -0.348 e. The summed E-state index contributed by atoms with van der Waals surface area (Å²) in [5.41, 5.74) is 4.54. The molecule has 2 aromatic rings. The molecule has 0 saturated heterocycles. The van der Waals surface area contributed by atoms with Crippen LogP contribution in [-0.2, 0) is 6.42 Å². The van der Waals surface area contributed by atoms with Crippen LogP contribution < -0.4 is 5.32 Å². The molecule has 4 heteroatoms. The van der Waals surface area contributed by atoms with Crippen molar-refractivity contribution in [1.29, 1.82) is 0 Å². The summed E-state index contributed by atoms with van der Waals surface area (Å²) in [5, 5.41) is 3.45. The summed E-state index contributed by atoms with van der Waals surface area (Å²) in [6, 6.07) is 4.29. The average molecular weight is 214 g/mol. The molecule has 3 heterocycles. The van der Waals surface area contributed by atoms with Gasteiger partial charge in [-0.25, -0.2) is 4.98 Å². The van der Waals surface area contributed by atoms with E-state index in [1.165, 1.54) is 11.3 Å². The van der Waals surface area contributed by atoms with Gasteiger partial charge in [0.05, 0.1) is 23.8 Å². The lowest BCUT2D eigenvalue weighted by atomic mass is 10.0. The molecule has 0 radical (unpaired) electrons. The smallest absolute Gasteiger partial charge is 0.0943 e. The van der Waals surface area contributed by atoms with E-state index in [4.69, 9.17) is 0 Å². The Balaban J connectivity index is 2.00. The number of rotatable bonds is 1. The van der Waals surface area contributed by atoms with Gasteiger partial charge in [-0.2, -0.15) is 0 Å². The zero-order valence-electron chi connectivity index (χ0n) is 9.20. The van der Waals surface area contributed by atoms with Gasteiger partial charge in [0, 0.05) is 24.9 Å². The Kier molecular flexibility index (Phi) is 2.22. The molecule has 3 rings (SSSR count). The number of aromatic nitrogens is 3. The van der Waals surface area contributed by atoms with Gasteiger partial charge in [0.1, 0.15) is 0 Å². The number of hydrogen-bond acceptors (Lipinski definition) is 3. The number of aryl methyl sites for hydroxylation is 1. The van der Waals surface area contributed by atoms with Crippen molar-refractivity contribution in [3.8, 4) is 0 Å². The second kappa shape index (κ2) is 3.72. The van der Waals surface area contributed by atoms with Crippen molar-refractivity contribution in [1.82, 2.24) is 20.3 Å². The van der Waals surface area contributed by atoms with Gasteiger partial charge >= 0.3 is 0 Å². The van der Waals surface area contributed by atoms with Crippen LogP contribution in [0, 0.1) is 6.92 Å². The standard InChI is InChI=1S/C12H14N4/c1-8-2-3-9(14-6-8)11-12-10(4-5-13-11)15-7-16-12/h2-3,6-7,11,13H,4-5H2,1H3,(H,15,16). The molecule has 16 heavy (non-hydrogen) atoms. The van der Waals surface area contributed by atoms with E-state index in [0.29, 0.717) is 0 Å². The fourth-order valence-corrected chi connectivity index (χ4v) is 2.11. The molecular weight excluding hydrogens is 200 g/mol. The number of nitrogens with zero attached hydrogens (tertiary/aromatic N) is 2. The number of hydrogen-bond donors (Lipinski definition) is 2. The summed E-state index contributed by atoms with van der Waals surface area (Å²) in [4.78, 5) is 12.0. The molecule has 0 bridgehead atoms. The summed E-state index contributed by atoms with van der Waals surface area (Å²) in [7, 11) is 0. The Labute approximate surface area is 94.1 Å². The van der Waals surface area contributed by atoms with E-state index in [1.807, 2.05) is 13.1 Å².